The molecule has 2 amide bonds. The summed E-state index contributed by atoms with van der Waals surface area (Å²) in [6.45, 7) is 3.19. The Morgan fingerprint density at radius 1 is 1.23 bits per heavy atom. The van der Waals surface area contributed by atoms with Crippen LogP contribution in [0, 0.1) is 6.92 Å². The van der Waals surface area contributed by atoms with Crippen LogP contribution >= 0.6 is 11.3 Å². The summed E-state index contributed by atoms with van der Waals surface area (Å²) in [6, 6.07) is 13.8. The van der Waals surface area contributed by atoms with Gasteiger partial charge in [-0.1, -0.05) is 30.3 Å². The van der Waals surface area contributed by atoms with Crippen LogP contribution in [0.2, 0.25) is 0 Å². The Bertz CT molecular complexity index is 1580. The molecule has 5 atom stereocenters. The van der Waals surface area contributed by atoms with Crippen LogP contribution in [-0.2, 0) is 11.2 Å². The van der Waals surface area contributed by atoms with E-state index in [2.05, 4.69) is 20.6 Å². The molecule has 0 spiro atoms. The van der Waals surface area contributed by atoms with Crippen molar-refractivity contribution in [1.82, 2.24) is 25.5 Å². The second-order valence-corrected chi connectivity index (χ2v) is 12.4. The highest BCUT2D eigenvalue weighted by Gasteiger charge is 2.36. The SMILES string of the molecule is CO[C@H]1CN[C@H]([C@@H](O)C(Cc2ccccc2)NC(=O)c2cc(C(=O)N3CCC[C@@H]3c3nc(C)cs3)cc(-c3ncco3)c2)C1. The van der Waals surface area contributed by atoms with Crippen LogP contribution in [0.25, 0.3) is 11.5 Å². The molecule has 1 unspecified atom stereocenters. The number of aliphatic hydroxyl groups is 1. The first kappa shape index (κ1) is 30.1. The molecule has 0 saturated carbocycles. The molecule has 0 aliphatic carbocycles. The van der Waals surface area contributed by atoms with E-state index in [1.54, 1.807) is 36.6 Å². The van der Waals surface area contributed by atoms with Gasteiger partial charge in [-0.25, -0.2) is 9.97 Å². The normalized spacial score (nSPS) is 21.3. The van der Waals surface area contributed by atoms with E-state index in [1.165, 1.54) is 12.5 Å². The zero-order chi connectivity index (χ0) is 30.6. The number of benzene rings is 2. The molecule has 2 saturated heterocycles. The van der Waals surface area contributed by atoms with Crippen LogP contribution in [0.4, 0.5) is 0 Å². The first-order chi connectivity index (χ1) is 21.4. The van der Waals surface area contributed by atoms with Crippen LogP contribution in [-0.4, -0.2) is 76.3 Å². The average molecular weight is 616 g/mol. The Morgan fingerprint density at radius 2 is 2.05 bits per heavy atom. The van der Waals surface area contributed by atoms with Gasteiger partial charge in [-0.15, -0.1) is 11.3 Å². The Balaban J connectivity index is 1.29. The van der Waals surface area contributed by atoms with Crippen molar-refractivity contribution in [2.45, 2.75) is 62.9 Å². The molecule has 230 valence electrons. The summed E-state index contributed by atoms with van der Waals surface area (Å²) < 4.78 is 11.0. The number of oxazole rings is 1. The number of carbonyl (C=O) groups is 2. The maximum atomic E-state index is 14.0. The minimum atomic E-state index is -0.873. The van der Waals surface area contributed by atoms with Gasteiger partial charge < -0.3 is 29.8 Å². The number of hydrogen-bond acceptors (Lipinski definition) is 9. The van der Waals surface area contributed by atoms with Crippen LogP contribution in [0.3, 0.4) is 0 Å². The van der Waals surface area contributed by atoms with Gasteiger partial charge in [-0.05, 0) is 56.4 Å². The minimum Gasteiger partial charge on any atom is -0.445 e. The molecular formula is C33H37N5O5S. The number of likely N-dealkylation sites (tertiary alicyclic amines) is 1. The van der Waals surface area contributed by atoms with Gasteiger partial charge in [0.05, 0.1) is 30.5 Å². The number of aromatic nitrogens is 2. The van der Waals surface area contributed by atoms with Crippen LogP contribution in [0.5, 0.6) is 0 Å². The van der Waals surface area contributed by atoms with Crippen LogP contribution < -0.4 is 10.6 Å². The highest BCUT2D eigenvalue weighted by molar-refractivity contribution is 7.09. The molecule has 4 heterocycles. The van der Waals surface area contributed by atoms with Crippen LogP contribution in [0.15, 0.2) is 70.8 Å². The molecular weight excluding hydrogens is 578 g/mol. The molecule has 2 aromatic carbocycles. The summed E-state index contributed by atoms with van der Waals surface area (Å²) in [7, 11) is 1.66. The molecule has 0 radical (unpaired) electrons. The second-order valence-electron chi connectivity index (χ2n) is 11.5. The smallest absolute Gasteiger partial charge is 0.254 e. The molecule has 4 aromatic rings. The molecule has 2 fully saturated rings. The first-order valence-corrected chi connectivity index (χ1v) is 15.8. The number of carbonyl (C=O) groups excluding carboxylic acids is 2. The number of aliphatic hydroxyl groups excluding tert-OH is 1. The Morgan fingerprint density at radius 3 is 2.75 bits per heavy atom. The number of nitrogens with one attached hydrogen (secondary N) is 2. The molecule has 3 N–H and O–H groups in total. The third-order valence-electron chi connectivity index (χ3n) is 8.45. The lowest BCUT2D eigenvalue weighted by molar-refractivity contribution is 0.0677. The van der Waals surface area contributed by atoms with E-state index >= 15 is 0 Å². The number of rotatable bonds is 10. The van der Waals surface area contributed by atoms with Gasteiger partial charge in [0.1, 0.15) is 11.3 Å². The number of amides is 2. The zero-order valence-corrected chi connectivity index (χ0v) is 25.6. The molecule has 2 aliphatic rings. The fraction of sp³-hybridized carbons (Fsp3) is 0.394. The largest absolute Gasteiger partial charge is 0.445 e. The standard InChI is InChI=1S/C33H37N5O5S/c1-20-19-44-32(36-20)28-9-6-11-38(28)33(41)24-15-22(14-23(16-24)31-34-10-12-43-31)30(40)37-27(13-21-7-4-3-5-8-21)29(39)26-17-25(42-2)18-35-26/h3-5,7-8,10,12,14-16,19,25-29,35,39H,6,9,11,13,17-18H2,1-2H3,(H,37,40)/t25-,26+,27?,28-,29-/m1/s1. The molecule has 11 heteroatoms. The Kier molecular flexibility index (Phi) is 9.17. The number of ether oxygens (including phenoxy) is 1. The molecule has 2 aromatic heterocycles. The van der Waals surface area contributed by atoms with Crippen molar-refractivity contribution in [2.24, 2.45) is 0 Å². The topological polar surface area (TPSA) is 130 Å². The number of methoxy groups -OCH3 is 1. The summed E-state index contributed by atoms with van der Waals surface area (Å²) in [5.41, 5.74) is 3.09. The van der Waals surface area contributed by atoms with Gasteiger partial charge in [0.15, 0.2) is 0 Å². The highest BCUT2D eigenvalue weighted by Crippen LogP contribution is 2.35. The number of thiazole rings is 1. The minimum absolute atomic E-state index is 0.00326. The lowest BCUT2D eigenvalue weighted by Gasteiger charge is -2.29. The quantitative estimate of drug-likeness (QED) is 0.243. The summed E-state index contributed by atoms with van der Waals surface area (Å²) >= 11 is 1.56. The summed E-state index contributed by atoms with van der Waals surface area (Å²) in [5.74, 6) is -0.268. The summed E-state index contributed by atoms with van der Waals surface area (Å²) in [5, 5.41) is 20.8. The predicted molar refractivity (Wildman–Crippen MR) is 166 cm³/mol. The van der Waals surface area contributed by atoms with E-state index in [4.69, 9.17) is 9.15 Å². The number of aryl methyl sites for hydroxylation is 1. The molecule has 2 aliphatic heterocycles. The van der Waals surface area contributed by atoms with Crippen molar-refractivity contribution < 1.29 is 23.8 Å². The van der Waals surface area contributed by atoms with Gasteiger partial charge in [-0.2, -0.15) is 0 Å². The molecule has 0 bridgehead atoms. The first-order valence-electron chi connectivity index (χ1n) is 15.0. The second kappa shape index (κ2) is 13.4. The monoisotopic (exact) mass is 615 g/mol. The lowest BCUT2D eigenvalue weighted by atomic mass is 9.94. The van der Waals surface area contributed by atoms with Gasteiger partial charge in [0.2, 0.25) is 5.89 Å². The van der Waals surface area contributed by atoms with Crippen molar-refractivity contribution in [3.63, 3.8) is 0 Å². The van der Waals surface area contributed by atoms with E-state index < -0.39 is 18.1 Å². The van der Waals surface area contributed by atoms with Gasteiger partial charge in [0, 0.05) is 54.0 Å². The third kappa shape index (κ3) is 6.61. The third-order valence-corrected chi connectivity index (χ3v) is 9.52. The van der Waals surface area contributed by atoms with E-state index in [0.717, 1.165) is 29.1 Å². The van der Waals surface area contributed by atoms with Gasteiger partial charge in [-0.3, -0.25) is 9.59 Å². The summed E-state index contributed by atoms with van der Waals surface area (Å²) in [4.78, 5) is 38.7. The molecule has 6 rings (SSSR count). The van der Waals surface area contributed by atoms with Crippen LogP contribution in [0.1, 0.15) is 62.3 Å². The highest BCUT2D eigenvalue weighted by atomic mass is 32.1. The van der Waals surface area contributed by atoms with Crippen molar-refractivity contribution in [3.05, 3.63) is 93.8 Å². The van der Waals surface area contributed by atoms with Gasteiger partial charge in [0.25, 0.3) is 11.8 Å². The fourth-order valence-electron chi connectivity index (χ4n) is 6.16. The average Bonchev–Trinajstić information content (AvgIpc) is 3.87. The van der Waals surface area contributed by atoms with Crippen molar-refractivity contribution >= 4 is 23.2 Å². The van der Waals surface area contributed by atoms with E-state index in [9.17, 15) is 14.7 Å². The van der Waals surface area contributed by atoms with E-state index in [0.29, 0.717) is 42.9 Å². The fourth-order valence-corrected chi connectivity index (χ4v) is 7.10. The molecule has 44 heavy (non-hydrogen) atoms. The predicted octanol–water partition coefficient (Wildman–Crippen LogP) is 4.16. The maximum absolute atomic E-state index is 14.0. The zero-order valence-electron chi connectivity index (χ0n) is 24.8. The van der Waals surface area contributed by atoms with E-state index in [1.807, 2.05) is 47.5 Å². The van der Waals surface area contributed by atoms with E-state index in [-0.39, 0.29) is 29.7 Å². The molecule has 10 nitrogen and oxygen atoms in total. The number of nitrogens with zero attached hydrogens (tertiary/aromatic N) is 3. The van der Waals surface area contributed by atoms with Crippen molar-refractivity contribution in [3.8, 4) is 11.5 Å². The van der Waals surface area contributed by atoms with Gasteiger partial charge >= 0.3 is 0 Å². The summed E-state index contributed by atoms with van der Waals surface area (Å²) in [6.07, 6.45) is 4.88. The lowest BCUT2D eigenvalue weighted by Crippen LogP contribution is -2.52. The maximum Gasteiger partial charge on any atom is 0.254 e. The van der Waals surface area contributed by atoms with Crippen molar-refractivity contribution in [1.29, 1.82) is 0 Å². The van der Waals surface area contributed by atoms with Crippen molar-refractivity contribution in [2.75, 3.05) is 20.2 Å². The Hall–Kier alpha value is -3.90. The number of hydrogen-bond donors (Lipinski definition) is 3. The Labute approximate surface area is 260 Å².